The highest BCUT2D eigenvalue weighted by molar-refractivity contribution is 5.68. The first-order valence-electron chi connectivity index (χ1n) is 10.4. The summed E-state index contributed by atoms with van der Waals surface area (Å²) in [6.07, 6.45) is 6.43. The smallest absolute Gasteiger partial charge is 0.408 e. The van der Waals surface area contributed by atoms with Crippen LogP contribution in [0, 0.1) is 11.3 Å². The molecular formula is C22H44N2O2. The number of rotatable bonds is 8. The molecule has 1 heterocycles. The second-order valence-electron chi connectivity index (χ2n) is 11.0. The van der Waals surface area contributed by atoms with E-state index < -0.39 is 5.60 Å². The standard InChI is InChI=1S/C22H44N2O2/c1-10-11-12-17-13-14-23-22(17,9)16-20(5,6)24-18(25)26-21(7,8)15-19(2,3)4/h17,23H,10-16H2,1-9H3,(H,24,25). The van der Waals surface area contributed by atoms with Crippen molar-refractivity contribution >= 4 is 6.09 Å². The van der Waals surface area contributed by atoms with Gasteiger partial charge in [0, 0.05) is 11.1 Å². The number of hydrogen-bond donors (Lipinski definition) is 2. The van der Waals surface area contributed by atoms with Crippen LogP contribution in [0.1, 0.15) is 101 Å². The average molecular weight is 369 g/mol. The van der Waals surface area contributed by atoms with Crippen LogP contribution in [0.3, 0.4) is 0 Å². The van der Waals surface area contributed by atoms with Gasteiger partial charge in [0.05, 0.1) is 0 Å². The van der Waals surface area contributed by atoms with E-state index in [2.05, 4.69) is 59.1 Å². The zero-order chi connectivity index (χ0) is 20.2. The van der Waals surface area contributed by atoms with Gasteiger partial charge in [-0.2, -0.15) is 0 Å². The van der Waals surface area contributed by atoms with E-state index >= 15 is 0 Å². The summed E-state index contributed by atoms with van der Waals surface area (Å²) in [6.45, 7) is 20.3. The zero-order valence-electron chi connectivity index (χ0n) is 18.8. The number of unbranched alkanes of at least 4 members (excludes halogenated alkanes) is 1. The second-order valence-corrected chi connectivity index (χ2v) is 11.0. The van der Waals surface area contributed by atoms with E-state index in [1.165, 1.54) is 25.7 Å². The van der Waals surface area contributed by atoms with Gasteiger partial charge >= 0.3 is 6.09 Å². The van der Waals surface area contributed by atoms with E-state index in [1.807, 2.05) is 13.8 Å². The maximum Gasteiger partial charge on any atom is 0.408 e. The lowest BCUT2D eigenvalue weighted by Crippen LogP contribution is -2.54. The summed E-state index contributed by atoms with van der Waals surface area (Å²) >= 11 is 0. The minimum Gasteiger partial charge on any atom is -0.444 e. The molecule has 0 spiro atoms. The van der Waals surface area contributed by atoms with E-state index in [1.54, 1.807) is 0 Å². The second kappa shape index (κ2) is 8.50. The van der Waals surface area contributed by atoms with Gasteiger partial charge in [-0.1, -0.05) is 40.5 Å². The summed E-state index contributed by atoms with van der Waals surface area (Å²) < 4.78 is 5.77. The number of ether oxygens (including phenoxy) is 1. The number of amides is 1. The third-order valence-corrected chi connectivity index (χ3v) is 5.40. The Morgan fingerprint density at radius 1 is 1.19 bits per heavy atom. The van der Waals surface area contributed by atoms with Crippen LogP contribution < -0.4 is 10.6 Å². The molecule has 1 rings (SSSR count). The van der Waals surface area contributed by atoms with Gasteiger partial charge in [0.15, 0.2) is 0 Å². The van der Waals surface area contributed by atoms with Crippen molar-refractivity contribution in [1.82, 2.24) is 10.6 Å². The SMILES string of the molecule is CCCCC1CCNC1(C)CC(C)(C)NC(=O)OC(C)(C)CC(C)(C)C. The fourth-order valence-corrected chi connectivity index (χ4v) is 4.94. The van der Waals surface area contributed by atoms with Gasteiger partial charge in [-0.15, -0.1) is 0 Å². The molecule has 0 aromatic heterocycles. The Balaban J connectivity index is 2.65. The Labute approximate surface area is 162 Å². The topological polar surface area (TPSA) is 50.4 Å². The third-order valence-electron chi connectivity index (χ3n) is 5.40. The average Bonchev–Trinajstić information content (AvgIpc) is 2.70. The largest absolute Gasteiger partial charge is 0.444 e. The molecule has 1 aliphatic heterocycles. The Morgan fingerprint density at radius 2 is 1.81 bits per heavy atom. The van der Waals surface area contributed by atoms with Crippen molar-refractivity contribution in [3.63, 3.8) is 0 Å². The summed E-state index contributed by atoms with van der Waals surface area (Å²) in [4.78, 5) is 12.5. The lowest BCUT2D eigenvalue weighted by Gasteiger charge is -2.40. The van der Waals surface area contributed by atoms with Crippen LogP contribution in [0.4, 0.5) is 4.79 Å². The molecule has 0 radical (unpaired) electrons. The fourth-order valence-electron chi connectivity index (χ4n) is 4.94. The van der Waals surface area contributed by atoms with Gasteiger partial charge in [-0.05, 0) is 78.2 Å². The lowest BCUT2D eigenvalue weighted by molar-refractivity contribution is 0.00526. The van der Waals surface area contributed by atoms with Crippen LogP contribution >= 0.6 is 0 Å². The van der Waals surface area contributed by atoms with E-state index in [-0.39, 0.29) is 22.6 Å². The molecule has 2 N–H and O–H groups in total. The number of hydrogen-bond acceptors (Lipinski definition) is 3. The van der Waals surface area contributed by atoms with Gasteiger partial charge in [0.2, 0.25) is 0 Å². The minimum atomic E-state index is -0.475. The first-order chi connectivity index (χ1) is 11.7. The molecule has 26 heavy (non-hydrogen) atoms. The van der Waals surface area contributed by atoms with Crippen molar-refractivity contribution in [2.75, 3.05) is 6.54 Å². The summed E-state index contributed by atoms with van der Waals surface area (Å²) in [5.74, 6) is 0.678. The molecule has 1 aliphatic rings. The van der Waals surface area contributed by atoms with Crippen molar-refractivity contribution in [2.24, 2.45) is 11.3 Å². The molecule has 1 amide bonds. The molecule has 0 aromatic carbocycles. The highest BCUT2D eigenvalue weighted by Crippen LogP contribution is 2.37. The van der Waals surface area contributed by atoms with Gasteiger partial charge in [-0.3, -0.25) is 0 Å². The van der Waals surface area contributed by atoms with Crippen molar-refractivity contribution in [3.8, 4) is 0 Å². The number of carbonyl (C=O) groups is 1. The monoisotopic (exact) mass is 368 g/mol. The maximum atomic E-state index is 12.5. The summed E-state index contributed by atoms with van der Waals surface area (Å²) in [7, 11) is 0. The molecule has 4 heteroatoms. The summed E-state index contributed by atoms with van der Waals surface area (Å²) in [5, 5.41) is 6.83. The van der Waals surface area contributed by atoms with Crippen molar-refractivity contribution in [3.05, 3.63) is 0 Å². The highest BCUT2D eigenvalue weighted by Gasteiger charge is 2.42. The van der Waals surface area contributed by atoms with Gasteiger partial charge in [-0.25, -0.2) is 4.79 Å². The molecular weight excluding hydrogens is 324 g/mol. The normalized spacial score (nSPS) is 24.6. The Kier molecular flexibility index (Phi) is 7.60. The van der Waals surface area contributed by atoms with Crippen LogP contribution in [-0.4, -0.2) is 29.3 Å². The molecule has 0 saturated carbocycles. The molecule has 1 fully saturated rings. The van der Waals surface area contributed by atoms with Crippen LogP contribution in [0.2, 0.25) is 0 Å². The zero-order valence-corrected chi connectivity index (χ0v) is 18.8. The molecule has 2 unspecified atom stereocenters. The predicted octanol–water partition coefficient (Wildman–Crippen LogP) is 5.65. The van der Waals surface area contributed by atoms with E-state index in [0.717, 1.165) is 19.4 Å². The first kappa shape index (κ1) is 23.3. The molecule has 0 aliphatic carbocycles. The summed E-state index contributed by atoms with van der Waals surface area (Å²) in [5.41, 5.74) is -0.594. The quantitative estimate of drug-likeness (QED) is 0.581. The van der Waals surface area contributed by atoms with Crippen LogP contribution in [-0.2, 0) is 4.74 Å². The Bertz CT molecular complexity index is 465. The number of nitrogens with one attached hydrogen (secondary N) is 2. The molecule has 4 nitrogen and oxygen atoms in total. The van der Waals surface area contributed by atoms with Gasteiger partial charge in [0.25, 0.3) is 0 Å². The maximum absolute atomic E-state index is 12.5. The van der Waals surface area contributed by atoms with Crippen molar-refractivity contribution < 1.29 is 9.53 Å². The predicted molar refractivity (Wildman–Crippen MR) is 111 cm³/mol. The molecule has 1 saturated heterocycles. The Morgan fingerprint density at radius 3 is 2.35 bits per heavy atom. The summed E-state index contributed by atoms with van der Waals surface area (Å²) in [6, 6.07) is 0. The first-order valence-corrected chi connectivity index (χ1v) is 10.4. The molecule has 0 aromatic rings. The molecule has 0 bridgehead atoms. The number of alkyl carbamates (subject to hydrolysis) is 1. The van der Waals surface area contributed by atoms with Crippen molar-refractivity contribution in [1.29, 1.82) is 0 Å². The van der Waals surface area contributed by atoms with Gasteiger partial charge < -0.3 is 15.4 Å². The van der Waals surface area contributed by atoms with E-state index in [9.17, 15) is 4.79 Å². The lowest BCUT2D eigenvalue weighted by atomic mass is 9.76. The number of carbonyl (C=O) groups excluding carboxylic acids is 1. The van der Waals surface area contributed by atoms with E-state index in [0.29, 0.717) is 5.92 Å². The van der Waals surface area contributed by atoms with Crippen molar-refractivity contribution in [2.45, 2.75) is 118 Å². The fraction of sp³-hybridized carbons (Fsp3) is 0.955. The Hall–Kier alpha value is -0.770. The van der Waals surface area contributed by atoms with Crippen LogP contribution in [0.15, 0.2) is 0 Å². The minimum absolute atomic E-state index is 0.0763. The van der Waals surface area contributed by atoms with Crippen LogP contribution in [0.25, 0.3) is 0 Å². The van der Waals surface area contributed by atoms with Gasteiger partial charge in [0.1, 0.15) is 5.60 Å². The van der Waals surface area contributed by atoms with E-state index in [4.69, 9.17) is 4.74 Å². The third kappa shape index (κ3) is 7.85. The molecule has 154 valence electrons. The van der Waals surface area contributed by atoms with Crippen LogP contribution in [0.5, 0.6) is 0 Å². The molecule has 2 atom stereocenters. The highest BCUT2D eigenvalue weighted by atomic mass is 16.6.